The van der Waals surface area contributed by atoms with Gasteiger partial charge in [-0.15, -0.1) is 0 Å². The highest BCUT2D eigenvalue weighted by molar-refractivity contribution is 8.15. The van der Waals surface area contributed by atoms with E-state index in [9.17, 15) is 4.39 Å². The predicted octanol–water partition coefficient (Wildman–Crippen LogP) is 5.45. The fourth-order valence-electron chi connectivity index (χ4n) is 2.29. The van der Waals surface area contributed by atoms with Gasteiger partial charge in [0.15, 0.2) is 5.17 Å². The molecule has 0 aromatic heterocycles. The van der Waals surface area contributed by atoms with E-state index in [0.29, 0.717) is 16.9 Å². The highest BCUT2D eigenvalue weighted by Crippen LogP contribution is 2.35. The number of hydrogen-bond acceptors (Lipinski definition) is 3. The molecule has 1 N–H and O–H groups in total. The average molecular weight is 335 g/mol. The molecule has 1 aromatic rings. The lowest BCUT2D eigenvalue weighted by Gasteiger charge is -2.18. The fraction of sp³-hybridized carbons (Fsp3) is 0.500. The molecule has 1 aliphatic rings. The van der Waals surface area contributed by atoms with Gasteiger partial charge in [0.25, 0.3) is 0 Å². The summed E-state index contributed by atoms with van der Waals surface area (Å²) >= 11 is 13.7. The smallest absolute Gasteiger partial charge is 0.161 e. The van der Waals surface area contributed by atoms with E-state index in [2.05, 4.69) is 24.2 Å². The minimum Gasteiger partial charge on any atom is -0.333 e. The minimum absolute atomic E-state index is 0.268. The van der Waals surface area contributed by atoms with Crippen molar-refractivity contribution < 1.29 is 4.39 Å². The highest BCUT2D eigenvalue weighted by atomic mass is 35.5. The third-order valence-electron chi connectivity index (χ3n) is 3.49. The van der Waals surface area contributed by atoms with Crippen LogP contribution in [-0.2, 0) is 0 Å². The van der Waals surface area contributed by atoms with Gasteiger partial charge in [-0.25, -0.2) is 4.39 Å². The normalized spacial score (nSPS) is 18.5. The molecule has 0 aliphatic carbocycles. The molecule has 0 radical (unpaired) electrons. The number of rotatable bonds is 4. The molecule has 2 nitrogen and oxygen atoms in total. The molecular weight excluding hydrogens is 318 g/mol. The molecule has 0 bridgehead atoms. The van der Waals surface area contributed by atoms with Crippen molar-refractivity contribution in [3.05, 3.63) is 28.0 Å². The Balaban J connectivity index is 2.06. The second-order valence-electron chi connectivity index (χ2n) is 4.75. The number of aliphatic imine (C=N–C) groups is 1. The average Bonchev–Trinajstić information content (AvgIpc) is 2.84. The van der Waals surface area contributed by atoms with E-state index < -0.39 is 5.82 Å². The molecular formula is C14H17Cl2FN2S. The zero-order valence-electron chi connectivity index (χ0n) is 11.4. The number of nitrogens with zero attached hydrogens (tertiary/aromatic N) is 1. The molecule has 20 heavy (non-hydrogen) atoms. The molecule has 0 saturated carbocycles. The van der Waals surface area contributed by atoms with Crippen molar-refractivity contribution in [2.75, 3.05) is 11.9 Å². The van der Waals surface area contributed by atoms with Crippen LogP contribution >= 0.6 is 35.0 Å². The molecule has 2 rings (SSSR count). The second-order valence-corrected chi connectivity index (χ2v) is 6.79. The van der Waals surface area contributed by atoms with Crippen molar-refractivity contribution in [3.63, 3.8) is 0 Å². The Bertz CT molecular complexity index is 495. The van der Waals surface area contributed by atoms with E-state index in [1.807, 2.05) is 0 Å². The van der Waals surface area contributed by atoms with Crippen LogP contribution < -0.4 is 5.32 Å². The molecule has 1 unspecified atom stereocenters. The molecule has 1 heterocycles. The lowest BCUT2D eigenvalue weighted by atomic mass is 9.99. The number of nitrogens with one attached hydrogen (secondary N) is 1. The Hall–Kier alpha value is -0.450. The number of hydrogen-bond donors (Lipinski definition) is 1. The maximum atomic E-state index is 13.1. The summed E-state index contributed by atoms with van der Waals surface area (Å²) in [5.74, 6) is 0.212. The van der Waals surface area contributed by atoms with Crippen LogP contribution in [0.1, 0.15) is 26.7 Å². The number of amidine groups is 1. The number of anilines is 1. The lowest BCUT2D eigenvalue weighted by molar-refractivity contribution is 0.479. The zero-order valence-corrected chi connectivity index (χ0v) is 13.7. The van der Waals surface area contributed by atoms with Crippen molar-refractivity contribution >= 4 is 45.8 Å². The Morgan fingerprint density at radius 1 is 1.35 bits per heavy atom. The van der Waals surface area contributed by atoms with Crippen LogP contribution in [0.2, 0.25) is 10.0 Å². The largest absolute Gasteiger partial charge is 0.333 e. The zero-order chi connectivity index (χ0) is 14.7. The quantitative estimate of drug-likeness (QED) is 0.791. The van der Waals surface area contributed by atoms with E-state index in [-0.39, 0.29) is 10.0 Å². The molecule has 1 aromatic carbocycles. The van der Waals surface area contributed by atoms with Gasteiger partial charge in [0.1, 0.15) is 5.82 Å². The van der Waals surface area contributed by atoms with Gasteiger partial charge < -0.3 is 5.32 Å². The Kier molecular flexibility index (Phi) is 5.58. The molecule has 0 amide bonds. The number of benzene rings is 1. The van der Waals surface area contributed by atoms with Gasteiger partial charge >= 0.3 is 0 Å². The van der Waals surface area contributed by atoms with E-state index >= 15 is 0 Å². The van der Waals surface area contributed by atoms with E-state index in [4.69, 9.17) is 23.2 Å². The Morgan fingerprint density at radius 3 is 2.50 bits per heavy atom. The van der Waals surface area contributed by atoms with Crippen molar-refractivity contribution in [2.24, 2.45) is 10.9 Å². The summed E-state index contributed by atoms with van der Waals surface area (Å²) in [6.45, 7) is 5.21. The van der Waals surface area contributed by atoms with Crippen LogP contribution in [-0.4, -0.2) is 17.0 Å². The first-order valence-corrected chi connectivity index (χ1v) is 8.31. The monoisotopic (exact) mass is 334 g/mol. The first-order chi connectivity index (χ1) is 9.55. The van der Waals surface area contributed by atoms with Crippen molar-refractivity contribution in [2.45, 2.75) is 31.9 Å². The van der Waals surface area contributed by atoms with E-state index in [1.165, 1.54) is 12.1 Å². The number of halogens is 3. The Morgan fingerprint density at radius 2 is 1.95 bits per heavy atom. The van der Waals surface area contributed by atoms with Crippen molar-refractivity contribution in [1.29, 1.82) is 0 Å². The summed E-state index contributed by atoms with van der Waals surface area (Å²) in [5.41, 5.74) is 0.520. The van der Waals surface area contributed by atoms with Crippen molar-refractivity contribution in [1.82, 2.24) is 0 Å². The summed E-state index contributed by atoms with van der Waals surface area (Å²) in [5, 5.41) is 4.95. The molecule has 0 fully saturated rings. The molecule has 0 saturated heterocycles. The number of thioether (sulfide) groups is 1. The molecule has 0 spiro atoms. The third-order valence-corrected chi connectivity index (χ3v) is 5.38. The summed E-state index contributed by atoms with van der Waals surface area (Å²) in [6.07, 6.45) is 2.30. The van der Waals surface area contributed by atoms with Gasteiger partial charge in [-0.2, -0.15) is 0 Å². The predicted molar refractivity (Wildman–Crippen MR) is 87.8 cm³/mol. The molecule has 1 aliphatic heterocycles. The standard InChI is InChI=1S/C14H17Cl2FN2S/c1-3-8(4-2)12-7-18-14(20-12)19-13-10(15)5-9(17)6-11(13)16/h5-6,8,12H,3-4,7H2,1-2H3,(H,18,19). The summed E-state index contributed by atoms with van der Waals surface area (Å²) < 4.78 is 13.1. The van der Waals surface area contributed by atoms with Gasteiger partial charge in [-0.1, -0.05) is 61.7 Å². The summed E-state index contributed by atoms with van der Waals surface area (Å²) in [4.78, 5) is 4.49. The van der Waals surface area contributed by atoms with E-state index in [1.54, 1.807) is 11.8 Å². The van der Waals surface area contributed by atoms with Gasteiger partial charge in [-0.05, 0) is 18.1 Å². The Labute approximate surface area is 133 Å². The third kappa shape index (κ3) is 3.60. The maximum Gasteiger partial charge on any atom is 0.161 e. The van der Waals surface area contributed by atoms with Crippen LogP contribution in [0.3, 0.4) is 0 Å². The van der Waals surface area contributed by atoms with Gasteiger partial charge in [0, 0.05) is 5.25 Å². The van der Waals surface area contributed by atoms with E-state index in [0.717, 1.165) is 24.6 Å². The van der Waals surface area contributed by atoms with Crippen LogP contribution in [0.15, 0.2) is 17.1 Å². The first-order valence-electron chi connectivity index (χ1n) is 6.67. The van der Waals surface area contributed by atoms with Crippen LogP contribution in [0.4, 0.5) is 10.1 Å². The minimum atomic E-state index is -0.443. The lowest BCUT2D eigenvalue weighted by Crippen LogP contribution is -2.17. The van der Waals surface area contributed by atoms with Gasteiger partial charge in [0.05, 0.1) is 22.3 Å². The first kappa shape index (κ1) is 15.9. The molecule has 1 atom stereocenters. The van der Waals surface area contributed by atoms with Gasteiger partial charge in [-0.3, -0.25) is 4.99 Å². The maximum absolute atomic E-state index is 13.1. The summed E-state index contributed by atoms with van der Waals surface area (Å²) in [6, 6.07) is 2.49. The SMILES string of the molecule is CCC(CC)C1CN=C(Nc2c(Cl)cc(F)cc2Cl)S1. The second kappa shape index (κ2) is 7.01. The summed E-state index contributed by atoms with van der Waals surface area (Å²) in [7, 11) is 0. The van der Waals surface area contributed by atoms with Gasteiger partial charge in [0.2, 0.25) is 0 Å². The van der Waals surface area contributed by atoms with Crippen molar-refractivity contribution in [3.8, 4) is 0 Å². The topological polar surface area (TPSA) is 24.4 Å². The molecule has 110 valence electrons. The van der Waals surface area contributed by atoms with Crippen LogP contribution in [0, 0.1) is 11.7 Å². The highest BCUT2D eigenvalue weighted by Gasteiger charge is 2.26. The molecule has 6 heteroatoms. The van der Waals surface area contributed by atoms with Crippen LogP contribution in [0.5, 0.6) is 0 Å². The van der Waals surface area contributed by atoms with Crippen LogP contribution in [0.25, 0.3) is 0 Å². The fourth-order valence-corrected chi connectivity index (χ4v) is 4.17.